The van der Waals surface area contributed by atoms with Crippen LogP contribution in [-0.2, 0) is 4.74 Å². The smallest absolute Gasteiger partial charge is 0.323 e. The van der Waals surface area contributed by atoms with Gasteiger partial charge in [0.25, 0.3) is 0 Å². The second-order valence-corrected chi connectivity index (χ2v) is 8.27. The van der Waals surface area contributed by atoms with Gasteiger partial charge in [0.15, 0.2) is 17.4 Å². The van der Waals surface area contributed by atoms with E-state index >= 15 is 0 Å². The summed E-state index contributed by atoms with van der Waals surface area (Å²) < 4.78 is 47.7. The molecule has 8 nitrogen and oxygen atoms in total. The Balaban J connectivity index is 1.40. The number of aromatic nitrogens is 2. The van der Waals surface area contributed by atoms with Crippen LogP contribution in [0.1, 0.15) is 15.9 Å². The van der Waals surface area contributed by atoms with Crippen LogP contribution < -0.4 is 15.5 Å². The number of benzene rings is 3. The van der Waals surface area contributed by atoms with Crippen LogP contribution in [0, 0.1) is 17.5 Å². The number of halogens is 3. The molecular weight excluding hydrogens is 487 g/mol. The van der Waals surface area contributed by atoms with Gasteiger partial charge in [0.2, 0.25) is 0 Å². The number of hydrogen-bond donors (Lipinski definition) is 2. The minimum Gasteiger partial charge on any atom is -0.378 e. The molecule has 4 aromatic rings. The molecule has 3 aromatic carbocycles. The zero-order chi connectivity index (χ0) is 25.9. The molecule has 0 unspecified atom stereocenters. The standard InChI is InChI=1S/C26H20F3N5O3/c27-16-2-1-3-17(11-16)31-26(36)32-18-12-19(24(29)20(28)13-18)25(35)15-4-5-21-22(10-15)33-23(14-30-21)34-6-8-37-9-7-34/h1-5,10-14H,6-9H2,(H2,31,32,36). The van der Waals surface area contributed by atoms with Gasteiger partial charge < -0.3 is 20.3 Å². The van der Waals surface area contributed by atoms with Crippen molar-refractivity contribution in [2.75, 3.05) is 41.8 Å². The van der Waals surface area contributed by atoms with Crippen molar-refractivity contribution in [3.05, 3.63) is 89.4 Å². The molecule has 11 heteroatoms. The van der Waals surface area contributed by atoms with Gasteiger partial charge in [-0.05, 0) is 42.5 Å². The van der Waals surface area contributed by atoms with Gasteiger partial charge in [-0.25, -0.2) is 22.9 Å². The Hall–Kier alpha value is -4.51. The minimum absolute atomic E-state index is 0.0700. The lowest BCUT2D eigenvalue weighted by Gasteiger charge is -2.27. The van der Waals surface area contributed by atoms with Crippen LogP contribution in [0.2, 0.25) is 0 Å². The van der Waals surface area contributed by atoms with E-state index in [1.165, 1.54) is 30.3 Å². The Bertz CT molecular complexity index is 1510. The predicted octanol–water partition coefficient (Wildman–Crippen LogP) is 4.76. The maximum absolute atomic E-state index is 14.7. The van der Waals surface area contributed by atoms with Crippen molar-refractivity contribution in [3.8, 4) is 0 Å². The van der Waals surface area contributed by atoms with Gasteiger partial charge in [0.1, 0.15) is 11.6 Å². The highest BCUT2D eigenvalue weighted by Crippen LogP contribution is 2.24. The number of ether oxygens (including phenoxy) is 1. The number of urea groups is 1. The Labute approximate surface area is 209 Å². The Morgan fingerprint density at radius 3 is 2.46 bits per heavy atom. The molecule has 0 bridgehead atoms. The molecular formula is C26H20F3N5O3. The number of rotatable bonds is 5. The SMILES string of the molecule is O=C(Nc1cccc(F)c1)Nc1cc(F)c(F)c(C(=O)c2ccc3ncc(N4CCOCC4)nc3c2)c1. The van der Waals surface area contributed by atoms with E-state index in [0.717, 1.165) is 18.2 Å². The first-order valence-electron chi connectivity index (χ1n) is 11.3. The van der Waals surface area contributed by atoms with Crippen molar-refractivity contribution in [2.24, 2.45) is 0 Å². The highest BCUT2D eigenvalue weighted by molar-refractivity contribution is 6.11. The number of hydrogen-bond acceptors (Lipinski definition) is 6. The van der Waals surface area contributed by atoms with Gasteiger partial charge in [-0.3, -0.25) is 9.78 Å². The van der Waals surface area contributed by atoms with E-state index in [1.54, 1.807) is 12.3 Å². The number of carbonyl (C=O) groups excluding carboxylic acids is 2. The summed E-state index contributed by atoms with van der Waals surface area (Å²) in [5.74, 6) is -3.41. The summed E-state index contributed by atoms with van der Waals surface area (Å²) in [5, 5.41) is 4.71. The zero-order valence-electron chi connectivity index (χ0n) is 19.3. The van der Waals surface area contributed by atoms with Crippen LogP contribution in [0.25, 0.3) is 11.0 Å². The molecule has 1 aliphatic heterocycles. The maximum atomic E-state index is 14.7. The topological polar surface area (TPSA) is 96.5 Å². The van der Waals surface area contributed by atoms with Crippen molar-refractivity contribution in [1.29, 1.82) is 0 Å². The summed E-state index contributed by atoms with van der Waals surface area (Å²) in [6.07, 6.45) is 1.63. The number of nitrogens with one attached hydrogen (secondary N) is 2. The van der Waals surface area contributed by atoms with Crippen LogP contribution in [0.4, 0.5) is 35.2 Å². The fraction of sp³-hybridized carbons (Fsp3) is 0.154. The van der Waals surface area contributed by atoms with Crippen LogP contribution in [-0.4, -0.2) is 48.1 Å². The van der Waals surface area contributed by atoms with E-state index in [9.17, 15) is 22.8 Å². The summed E-state index contributed by atoms with van der Waals surface area (Å²) >= 11 is 0. The first-order valence-corrected chi connectivity index (χ1v) is 11.3. The van der Waals surface area contributed by atoms with E-state index < -0.39 is 34.8 Å². The van der Waals surface area contributed by atoms with Gasteiger partial charge in [-0.1, -0.05) is 6.07 Å². The van der Waals surface area contributed by atoms with E-state index in [-0.39, 0.29) is 16.9 Å². The Morgan fingerprint density at radius 2 is 1.68 bits per heavy atom. The second-order valence-electron chi connectivity index (χ2n) is 8.27. The highest BCUT2D eigenvalue weighted by Gasteiger charge is 2.21. The quantitative estimate of drug-likeness (QED) is 0.378. The van der Waals surface area contributed by atoms with E-state index in [0.29, 0.717) is 43.2 Å². The Morgan fingerprint density at radius 1 is 0.892 bits per heavy atom. The third-order valence-corrected chi connectivity index (χ3v) is 5.74. The lowest BCUT2D eigenvalue weighted by molar-refractivity contribution is 0.103. The predicted molar refractivity (Wildman–Crippen MR) is 131 cm³/mol. The van der Waals surface area contributed by atoms with Crippen LogP contribution in [0.3, 0.4) is 0 Å². The van der Waals surface area contributed by atoms with Crippen LogP contribution >= 0.6 is 0 Å². The van der Waals surface area contributed by atoms with Gasteiger partial charge in [0.05, 0.1) is 36.0 Å². The molecule has 2 amide bonds. The molecule has 1 saturated heterocycles. The first kappa shape index (κ1) is 24.2. The normalized spacial score (nSPS) is 13.4. The molecule has 188 valence electrons. The van der Waals surface area contributed by atoms with Gasteiger partial charge in [-0.15, -0.1) is 0 Å². The highest BCUT2D eigenvalue weighted by atomic mass is 19.2. The number of anilines is 3. The average molecular weight is 507 g/mol. The molecule has 1 fully saturated rings. The van der Waals surface area contributed by atoms with Crippen molar-refractivity contribution < 1.29 is 27.5 Å². The molecule has 1 aromatic heterocycles. The lowest BCUT2D eigenvalue weighted by Crippen LogP contribution is -2.36. The fourth-order valence-electron chi connectivity index (χ4n) is 3.93. The molecule has 37 heavy (non-hydrogen) atoms. The molecule has 2 N–H and O–H groups in total. The summed E-state index contributed by atoms with van der Waals surface area (Å²) in [6, 6.07) is 10.6. The molecule has 0 atom stereocenters. The van der Waals surface area contributed by atoms with Crippen molar-refractivity contribution >= 4 is 40.0 Å². The number of amides is 2. The van der Waals surface area contributed by atoms with Crippen molar-refractivity contribution in [2.45, 2.75) is 0 Å². The zero-order valence-corrected chi connectivity index (χ0v) is 19.3. The van der Waals surface area contributed by atoms with Crippen molar-refractivity contribution in [1.82, 2.24) is 9.97 Å². The third-order valence-electron chi connectivity index (χ3n) is 5.74. The third kappa shape index (κ3) is 5.36. The summed E-state index contributed by atoms with van der Waals surface area (Å²) in [5.41, 5.74) is 0.443. The monoisotopic (exact) mass is 507 g/mol. The number of ketones is 1. The number of nitrogens with zero attached hydrogens (tertiary/aromatic N) is 3. The minimum atomic E-state index is -1.35. The average Bonchev–Trinajstić information content (AvgIpc) is 2.90. The summed E-state index contributed by atoms with van der Waals surface area (Å²) in [4.78, 5) is 36.4. The molecule has 5 rings (SSSR count). The van der Waals surface area contributed by atoms with Crippen LogP contribution in [0.15, 0.2) is 60.8 Å². The Kier molecular flexibility index (Phi) is 6.69. The molecule has 0 spiro atoms. The van der Waals surface area contributed by atoms with Gasteiger partial charge in [-0.2, -0.15) is 0 Å². The molecule has 0 saturated carbocycles. The molecule has 0 radical (unpaired) electrons. The molecule has 1 aliphatic rings. The van der Waals surface area contributed by atoms with Gasteiger partial charge >= 0.3 is 6.03 Å². The summed E-state index contributed by atoms with van der Waals surface area (Å²) in [7, 11) is 0. The van der Waals surface area contributed by atoms with E-state index in [2.05, 4.69) is 20.6 Å². The molecule has 0 aliphatic carbocycles. The maximum Gasteiger partial charge on any atom is 0.323 e. The number of carbonyl (C=O) groups is 2. The van der Waals surface area contributed by atoms with Gasteiger partial charge in [0, 0.05) is 36.1 Å². The molecule has 2 heterocycles. The lowest BCUT2D eigenvalue weighted by atomic mass is 10.0. The first-order chi connectivity index (χ1) is 17.9. The number of morpholine rings is 1. The largest absolute Gasteiger partial charge is 0.378 e. The fourth-order valence-corrected chi connectivity index (χ4v) is 3.93. The summed E-state index contributed by atoms with van der Waals surface area (Å²) in [6.45, 7) is 2.42. The van der Waals surface area contributed by atoms with E-state index in [4.69, 9.17) is 4.74 Å². The van der Waals surface area contributed by atoms with Crippen molar-refractivity contribution in [3.63, 3.8) is 0 Å². The van der Waals surface area contributed by atoms with Crippen LogP contribution in [0.5, 0.6) is 0 Å². The number of fused-ring (bicyclic) bond motifs is 1. The van der Waals surface area contributed by atoms with E-state index in [1.807, 2.05) is 4.90 Å². The second kappa shape index (κ2) is 10.2.